The van der Waals surface area contributed by atoms with Gasteiger partial charge in [-0.05, 0) is 62.7 Å². The number of carbonyl (C=O) groups is 11. The van der Waals surface area contributed by atoms with E-state index in [0.717, 1.165) is 14.7 Å². The molecule has 11 amide bonds. The summed E-state index contributed by atoms with van der Waals surface area (Å²) in [6.45, 7) is 18.9. The van der Waals surface area contributed by atoms with Crippen molar-refractivity contribution in [2.45, 2.75) is 145 Å². The summed E-state index contributed by atoms with van der Waals surface area (Å²) in [7, 11) is 9.84. The van der Waals surface area contributed by atoms with Crippen LogP contribution in [0.5, 0.6) is 0 Å². The molecule has 7 atom stereocenters. The Morgan fingerprint density at radius 2 is 0.873 bits per heavy atom. The second-order valence-electron chi connectivity index (χ2n) is 21.1. The highest BCUT2D eigenvalue weighted by Gasteiger charge is 2.41. The zero-order chi connectivity index (χ0) is 55.1. The molecule has 1 fully saturated rings. The first-order chi connectivity index (χ1) is 32.7. The molecule has 22 nitrogen and oxygen atoms in total. The highest BCUT2D eigenvalue weighted by molar-refractivity contribution is 5.98. The smallest absolute Gasteiger partial charge is 0.246 e. The maximum absolute atomic E-state index is 14.5. The van der Waals surface area contributed by atoms with E-state index in [1.807, 2.05) is 41.5 Å². The van der Waals surface area contributed by atoms with Crippen molar-refractivity contribution >= 4 is 65.0 Å². The van der Waals surface area contributed by atoms with Gasteiger partial charge in [0.1, 0.15) is 42.3 Å². The van der Waals surface area contributed by atoms with Crippen molar-refractivity contribution in [2.75, 3.05) is 75.5 Å². The molecular weight excluding hydrogens is 919 g/mol. The molecule has 1 aliphatic heterocycles. The first-order valence-electron chi connectivity index (χ1n) is 24.6. The number of hydrogen-bond donors (Lipinski definition) is 4. The van der Waals surface area contributed by atoms with Gasteiger partial charge in [-0.3, -0.25) is 52.7 Å². The van der Waals surface area contributed by atoms with E-state index in [0.29, 0.717) is 0 Å². The summed E-state index contributed by atoms with van der Waals surface area (Å²) in [5, 5.41) is 10.5. The molecule has 404 valence electrons. The maximum atomic E-state index is 14.5. The van der Waals surface area contributed by atoms with Crippen LogP contribution in [0.2, 0.25) is 0 Å². The fraction of sp³-hybridized carbons (Fsp3) is 0.776. The Morgan fingerprint density at radius 3 is 1.37 bits per heavy atom. The number of likely N-dealkylation sites (N-methyl/N-ethyl adjacent to an activating group) is 7. The molecule has 1 rings (SSSR count). The second-order valence-corrected chi connectivity index (χ2v) is 21.1. The zero-order valence-electron chi connectivity index (χ0n) is 46.0. The van der Waals surface area contributed by atoms with Crippen molar-refractivity contribution in [3.05, 3.63) is 0 Å². The number of nitrogens with one attached hydrogen (secondary N) is 4. The van der Waals surface area contributed by atoms with Crippen molar-refractivity contribution in [1.29, 1.82) is 0 Å². The van der Waals surface area contributed by atoms with E-state index < -0.39 is 145 Å². The van der Waals surface area contributed by atoms with Crippen LogP contribution >= 0.6 is 0 Å². The normalized spacial score (nSPS) is 25.5. The summed E-state index contributed by atoms with van der Waals surface area (Å²) in [5.41, 5.74) is 0. The lowest BCUT2D eigenvalue weighted by Gasteiger charge is -2.39. The zero-order valence-corrected chi connectivity index (χ0v) is 46.0. The van der Waals surface area contributed by atoms with E-state index in [-0.39, 0.29) is 37.0 Å². The van der Waals surface area contributed by atoms with Crippen LogP contribution in [0.3, 0.4) is 0 Å². The fourth-order valence-electron chi connectivity index (χ4n) is 8.19. The lowest BCUT2D eigenvalue weighted by molar-refractivity contribution is -0.154. The molecule has 1 unspecified atom stereocenters. The third kappa shape index (κ3) is 18.7. The van der Waals surface area contributed by atoms with Gasteiger partial charge in [-0.2, -0.15) is 0 Å². The Labute approximate surface area is 422 Å². The lowest BCUT2D eigenvalue weighted by atomic mass is 9.95. The van der Waals surface area contributed by atoms with Crippen LogP contribution in [0.25, 0.3) is 0 Å². The highest BCUT2D eigenvalue weighted by atomic mass is 16.2. The van der Waals surface area contributed by atoms with Crippen LogP contribution in [0.15, 0.2) is 0 Å². The Balaban J connectivity index is 3.80. The quantitative estimate of drug-likeness (QED) is 0.247. The van der Waals surface area contributed by atoms with Crippen LogP contribution < -0.4 is 21.3 Å². The molecule has 0 spiro atoms. The average molecular weight is 1010 g/mol. The summed E-state index contributed by atoms with van der Waals surface area (Å²) in [4.78, 5) is 160. The Kier molecular flexibility index (Phi) is 25.2. The molecule has 71 heavy (non-hydrogen) atoms. The molecule has 0 aromatic carbocycles. The van der Waals surface area contributed by atoms with Gasteiger partial charge in [0.05, 0.1) is 26.2 Å². The number of hydrogen-bond acceptors (Lipinski definition) is 11. The van der Waals surface area contributed by atoms with Gasteiger partial charge in [0.2, 0.25) is 65.0 Å². The molecule has 0 radical (unpaired) electrons. The first-order valence-corrected chi connectivity index (χ1v) is 24.6. The van der Waals surface area contributed by atoms with Gasteiger partial charge in [0.15, 0.2) is 0 Å². The highest BCUT2D eigenvalue weighted by Crippen LogP contribution is 2.22. The monoisotopic (exact) mass is 1010 g/mol. The van der Waals surface area contributed by atoms with Crippen molar-refractivity contribution in [1.82, 2.24) is 55.6 Å². The molecule has 0 aliphatic carbocycles. The third-order valence-corrected chi connectivity index (χ3v) is 12.6. The second kappa shape index (κ2) is 28.3. The van der Waals surface area contributed by atoms with Crippen molar-refractivity contribution < 1.29 is 52.7 Å². The summed E-state index contributed by atoms with van der Waals surface area (Å²) in [5.74, 6) is -8.17. The van der Waals surface area contributed by atoms with E-state index in [1.165, 1.54) is 82.8 Å². The van der Waals surface area contributed by atoms with E-state index in [9.17, 15) is 52.7 Å². The molecule has 0 bridgehead atoms. The van der Waals surface area contributed by atoms with Gasteiger partial charge in [0, 0.05) is 49.3 Å². The molecule has 4 N–H and O–H groups in total. The SMILES string of the molecule is CC(C)C[C@H]1C(=O)N(C)C(C(C)C)C(=O)N(C)[C@@H](CC(C)C)C(=O)NCC(=O)N(C)CC(=O)N(C)CC(=O)N[C@@H](C(C)C)C(=O)N(C)[C@@H](CC(C)C)C(=O)N[C@@H](C)C(=O)N[C@H](C)C(=O)N(C)CC(=O)N1C. The van der Waals surface area contributed by atoms with Gasteiger partial charge in [-0.25, -0.2) is 0 Å². The van der Waals surface area contributed by atoms with E-state index in [4.69, 9.17) is 0 Å². The van der Waals surface area contributed by atoms with Crippen LogP contribution in [-0.2, 0) is 52.7 Å². The third-order valence-electron chi connectivity index (χ3n) is 12.6. The Bertz CT molecular complexity index is 1930. The van der Waals surface area contributed by atoms with Crippen molar-refractivity contribution in [2.24, 2.45) is 29.6 Å². The lowest BCUT2D eigenvalue weighted by Crippen LogP contribution is -2.60. The molecule has 0 aromatic heterocycles. The van der Waals surface area contributed by atoms with Crippen molar-refractivity contribution in [3.8, 4) is 0 Å². The number of carbonyl (C=O) groups excluding carboxylic acids is 11. The molecule has 0 saturated carbocycles. The standard InChI is InChI=1S/C49H87N11O11/c1-27(2)20-34-44(66)50-23-38(62)55(14)25-39(63)54(13)24-37(61)53-41(30(7)8)48(70)58(17)35(21-28(3)4)45(67)51-32(11)43(65)52-33(12)46(68)56(15)26-40(64)57(16)36(22-29(5)6)47(69)60(19)42(31(9)10)49(71)59(34)18/h27-36,41-42H,20-26H2,1-19H3,(H,50,66)(H,51,67)(H,52,65)(H,53,61)/t32-,33+,34-,35-,36-,41-,42?/m0/s1. The molecule has 1 heterocycles. The largest absolute Gasteiger partial charge is 0.345 e. The number of amides is 11. The van der Waals surface area contributed by atoms with Gasteiger partial charge in [-0.1, -0.05) is 69.2 Å². The van der Waals surface area contributed by atoms with Crippen molar-refractivity contribution in [3.63, 3.8) is 0 Å². The van der Waals surface area contributed by atoms with Gasteiger partial charge >= 0.3 is 0 Å². The maximum Gasteiger partial charge on any atom is 0.246 e. The summed E-state index contributed by atoms with van der Waals surface area (Å²) >= 11 is 0. The summed E-state index contributed by atoms with van der Waals surface area (Å²) in [6.07, 6.45) is 0.578. The predicted octanol–water partition coefficient (Wildman–Crippen LogP) is -0.256. The molecule has 22 heteroatoms. The van der Waals surface area contributed by atoms with Gasteiger partial charge in [0.25, 0.3) is 0 Å². The minimum absolute atomic E-state index is 0.0939. The fourth-order valence-corrected chi connectivity index (χ4v) is 8.19. The van der Waals surface area contributed by atoms with E-state index >= 15 is 0 Å². The minimum atomic E-state index is -1.19. The Morgan fingerprint density at radius 1 is 0.423 bits per heavy atom. The van der Waals surface area contributed by atoms with Crippen LogP contribution in [0, 0.1) is 29.6 Å². The molecule has 1 aliphatic rings. The summed E-state index contributed by atoms with van der Waals surface area (Å²) in [6, 6.07) is -7.81. The predicted molar refractivity (Wildman–Crippen MR) is 267 cm³/mol. The van der Waals surface area contributed by atoms with Crippen LogP contribution in [0.4, 0.5) is 0 Å². The molecule has 0 aromatic rings. The Hall–Kier alpha value is -5.83. The topological polar surface area (TPSA) is 259 Å². The van der Waals surface area contributed by atoms with Gasteiger partial charge < -0.3 is 55.6 Å². The van der Waals surface area contributed by atoms with E-state index in [2.05, 4.69) is 21.3 Å². The van der Waals surface area contributed by atoms with Crippen LogP contribution in [0.1, 0.15) is 102 Å². The summed E-state index contributed by atoms with van der Waals surface area (Å²) < 4.78 is 0. The van der Waals surface area contributed by atoms with Crippen LogP contribution in [-0.4, -0.2) is 217 Å². The first kappa shape index (κ1) is 63.2. The molecule has 1 saturated heterocycles. The van der Waals surface area contributed by atoms with Gasteiger partial charge in [-0.15, -0.1) is 0 Å². The minimum Gasteiger partial charge on any atom is -0.345 e. The number of nitrogens with zero attached hydrogens (tertiary/aromatic N) is 7. The van der Waals surface area contributed by atoms with E-state index in [1.54, 1.807) is 27.7 Å². The molecular formula is C49H87N11O11. The average Bonchev–Trinajstić information content (AvgIpc) is 3.27. The number of rotatable bonds is 8.